The maximum absolute atomic E-state index is 12.2. The Bertz CT molecular complexity index is 1580. The number of ether oxygens (including phenoxy) is 2. The lowest BCUT2D eigenvalue weighted by Crippen LogP contribution is -2.28. The van der Waals surface area contributed by atoms with Crippen molar-refractivity contribution in [3.63, 3.8) is 0 Å². The first-order valence-electron chi connectivity index (χ1n) is 14.1. The van der Waals surface area contributed by atoms with E-state index in [2.05, 4.69) is 25.6 Å². The van der Waals surface area contributed by atoms with Gasteiger partial charge in [0.2, 0.25) is 0 Å². The molecule has 4 unspecified atom stereocenters. The molecule has 1 aromatic carbocycles. The van der Waals surface area contributed by atoms with Gasteiger partial charge in [0.1, 0.15) is 23.8 Å². The summed E-state index contributed by atoms with van der Waals surface area (Å²) < 4.78 is 20.4. The Labute approximate surface area is 241 Å². The van der Waals surface area contributed by atoms with E-state index < -0.39 is 12.3 Å². The highest BCUT2D eigenvalue weighted by Crippen LogP contribution is 2.47. The molecule has 4 aromatic rings. The standard InChI is InChI=1S/C30H32N6O6/c1-2-31-30(39)35-27-24-28(33-16-32-27)36(17-34-24)21-15-19(9-6-10-22-20(29(37)38)13-14-40-22)25-26(21)42-23(41-25)12-11-18-7-4-3-5-8-18/h3-5,7-8,11-14,16-17,19,21,23,25-26H,2,6,9-10,15H2,1H3,(H,37,38)(H2,31,32,33,35,39)/t19?,21?,23-,25?,26?/m0/s1. The van der Waals surface area contributed by atoms with Crippen molar-refractivity contribution >= 4 is 35.1 Å². The smallest absolute Gasteiger partial charge is 0.339 e. The third-order valence-electron chi connectivity index (χ3n) is 7.78. The topological polar surface area (TPSA) is 154 Å². The second-order valence-corrected chi connectivity index (χ2v) is 10.4. The average Bonchev–Trinajstić information content (AvgIpc) is 3.77. The number of hydrogen-bond acceptors (Lipinski definition) is 8. The number of benzene rings is 1. The number of aryl methyl sites for hydroxylation is 1. The molecule has 6 rings (SSSR count). The van der Waals surface area contributed by atoms with E-state index in [1.165, 1.54) is 18.7 Å². The monoisotopic (exact) mass is 572 g/mol. The lowest BCUT2D eigenvalue weighted by Gasteiger charge is -2.19. The molecule has 42 heavy (non-hydrogen) atoms. The second kappa shape index (κ2) is 12.1. The molecule has 5 atom stereocenters. The fourth-order valence-corrected chi connectivity index (χ4v) is 5.91. The van der Waals surface area contributed by atoms with Gasteiger partial charge in [-0.15, -0.1) is 0 Å². The quantitative estimate of drug-likeness (QED) is 0.246. The fraction of sp³-hybridized carbons (Fsp3) is 0.367. The van der Waals surface area contributed by atoms with Gasteiger partial charge in [-0.25, -0.2) is 24.5 Å². The zero-order valence-electron chi connectivity index (χ0n) is 23.1. The summed E-state index contributed by atoms with van der Waals surface area (Å²) in [4.78, 5) is 36.9. The van der Waals surface area contributed by atoms with Crippen LogP contribution in [0.25, 0.3) is 17.2 Å². The van der Waals surface area contributed by atoms with Crippen molar-refractivity contribution in [2.75, 3.05) is 11.9 Å². The minimum atomic E-state index is -0.990. The summed E-state index contributed by atoms with van der Waals surface area (Å²) in [5.41, 5.74) is 2.33. The molecule has 2 aliphatic rings. The van der Waals surface area contributed by atoms with Crippen molar-refractivity contribution in [3.8, 4) is 0 Å². The number of carboxylic acid groups (broad SMARTS) is 1. The van der Waals surface area contributed by atoms with Gasteiger partial charge in [0.05, 0.1) is 24.7 Å². The molecule has 0 radical (unpaired) electrons. The van der Waals surface area contributed by atoms with E-state index in [9.17, 15) is 14.7 Å². The van der Waals surface area contributed by atoms with Crippen molar-refractivity contribution in [3.05, 3.63) is 78.3 Å². The fourth-order valence-electron chi connectivity index (χ4n) is 5.91. The highest BCUT2D eigenvalue weighted by molar-refractivity contribution is 5.95. The minimum absolute atomic E-state index is 0.120. The summed E-state index contributed by atoms with van der Waals surface area (Å²) in [5, 5.41) is 14.9. The van der Waals surface area contributed by atoms with Gasteiger partial charge in [0.25, 0.3) is 0 Å². The number of aromatic nitrogens is 4. The van der Waals surface area contributed by atoms with Crippen LogP contribution in [-0.2, 0) is 15.9 Å². The third-order valence-corrected chi connectivity index (χ3v) is 7.78. The molecule has 12 nitrogen and oxygen atoms in total. The van der Waals surface area contributed by atoms with E-state index in [0.29, 0.717) is 35.7 Å². The van der Waals surface area contributed by atoms with Gasteiger partial charge in [-0.05, 0) is 49.8 Å². The predicted molar refractivity (Wildman–Crippen MR) is 153 cm³/mol. The first-order valence-corrected chi connectivity index (χ1v) is 14.1. The van der Waals surface area contributed by atoms with Gasteiger partial charge in [0.15, 0.2) is 23.3 Å². The number of rotatable bonds is 10. The summed E-state index contributed by atoms with van der Waals surface area (Å²) >= 11 is 0. The highest BCUT2D eigenvalue weighted by atomic mass is 16.7. The van der Waals surface area contributed by atoms with Crippen LogP contribution in [0.5, 0.6) is 0 Å². The summed E-state index contributed by atoms with van der Waals surface area (Å²) in [6.07, 6.45) is 10.3. The van der Waals surface area contributed by atoms with Crippen LogP contribution in [0.1, 0.15) is 53.9 Å². The molecule has 1 saturated carbocycles. The van der Waals surface area contributed by atoms with Crippen molar-refractivity contribution in [1.82, 2.24) is 24.8 Å². The number of carboxylic acids is 1. The number of urea groups is 1. The Morgan fingerprint density at radius 3 is 2.76 bits per heavy atom. The van der Waals surface area contributed by atoms with Gasteiger partial charge in [-0.2, -0.15) is 0 Å². The van der Waals surface area contributed by atoms with Crippen LogP contribution in [0.3, 0.4) is 0 Å². The number of amides is 2. The van der Waals surface area contributed by atoms with E-state index in [0.717, 1.165) is 24.8 Å². The largest absolute Gasteiger partial charge is 0.478 e. The molecule has 12 heteroatoms. The molecule has 1 aliphatic carbocycles. The van der Waals surface area contributed by atoms with Crippen molar-refractivity contribution in [1.29, 1.82) is 0 Å². The number of hydrogen-bond donors (Lipinski definition) is 3. The molecule has 4 heterocycles. The number of aromatic carboxylic acids is 1. The Morgan fingerprint density at radius 2 is 1.95 bits per heavy atom. The van der Waals surface area contributed by atoms with Crippen LogP contribution in [0.4, 0.5) is 10.6 Å². The molecule has 3 aromatic heterocycles. The lowest BCUT2D eigenvalue weighted by molar-refractivity contribution is -0.0507. The summed E-state index contributed by atoms with van der Waals surface area (Å²) in [7, 11) is 0. The van der Waals surface area contributed by atoms with Crippen molar-refractivity contribution in [2.24, 2.45) is 5.92 Å². The number of imidazole rings is 1. The van der Waals surface area contributed by atoms with Crippen LogP contribution in [0.15, 0.2) is 65.8 Å². The van der Waals surface area contributed by atoms with E-state index in [4.69, 9.17) is 13.9 Å². The van der Waals surface area contributed by atoms with E-state index >= 15 is 0 Å². The van der Waals surface area contributed by atoms with E-state index in [-0.39, 0.29) is 35.8 Å². The van der Waals surface area contributed by atoms with Gasteiger partial charge in [-0.1, -0.05) is 36.4 Å². The van der Waals surface area contributed by atoms with Gasteiger partial charge >= 0.3 is 12.0 Å². The molecule has 1 saturated heterocycles. The van der Waals surface area contributed by atoms with Crippen molar-refractivity contribution < 1.29 is 28.6 Å². The first kappa shape index (κ1) is 27.6. The number of carbonyl (C=O) groups is 2. The summed E-state index contributed by atoms with van der Waals surface area (Å²) in [5.74, 6) is -0.0399. The molecular formula is C30H32N6O6. The maximum Gasteiger partial charge on any atom is 0.339 e. The molecular weight excluding hydrogens is 540 g/mol. The SMILES string of the molecule is CCNC(=O)Nc1ncnc2c1ncn2C1CC(CCCc2occc2C(=O)O)C2O[C@H](C=Cc3ccccc3)OC21. The van der Waals surface area contributed by atoms with Crippen LogP contribution in [-0.4, -0.2) is 61.7 Å². The first-order chi connectivity index (χ1) is 20.5. The van der Waals surface area contributed by atoms with Crippen LogP contribution in [0.2, 0.25) is 0 Å². The number of nitrogens with zero attached hydrogens (tertiary/aromatic N) is 4. The zero-order chi connectivity index (χ0) is 29.1. The van der Waals surface area contributed by atoms with Crippen LogP contribution in [0, 0.1) is 5.92 Å². The minimum Gasteiger partial charge on any atom is -0.478 e. The van der Waals surface area contributed by atoms with Crippen molar-refractivity contribution in [2.45, 2.75) is 57.1 Å². The Morgan fingerprint density at radius 1 is 1.12 bits per heavy atom. The number of nitrogens with one attached hydrogen (secondary N) is 2. The molecule has 218 valence electrons. The molecule has 2 fully saturated rings. The van der Waals surface area contributed by atoms with Gasteiger partial charge < -0.3 is 28.9 Å². The Kier molecular flexibility index (Phi) is 7.97. The molecule has 3 N–H and O–H groups in total. The number of fused-ring (bicyclic) bond motifs is 2. The number of anilines is 1. The Hall–Kier alpha value is -4.55. The Balaban J connectivity index is 1.23. The predicted octanol–water partition coefficient (Wildman–Crippen LogP) is 4.67. The molecule has 0 spiro atoms. The highest BCUT2D eigenvalue weighted by Gasteiger charge is 2.51. The molecule has 1 aliphatic heterocycles. The third kappa shape index (κ3) is 5.63. The maximum atomic E-state index is 12.2. The number of carbonyl (C=O) groups excluding carboxylic acids is 1. The van der Waals surface area contributed by atoms with E-state index in [1.807, 2.05) is 54.0 Å². The summed E-state index contributed by atoms with van der Waals surface area (Å²) in [6.45, 7) is 2.32. The second-order valence-electron chi connectivity index (χ2n) is 10.4. The number of furan rings is 1. The van der Waals surface area contributed by atoms with E-state index in [1.54, 1.807) is 6.33 Å². The lowest BCUT2D eigenvalue weighted by atomic mass is 9.97. The zero-order valence-corrected chi connectivity index (χ0v) is 23.1. The molecule has 0 bridgehead atoms. The average molecular weight is 573 g/mol. The van der Waals surface area contributed by atoms with Gasteiger partial charge in [-0.3, -0.25) is 5.32 Å². The van der Waals surface area contributed by atoms with Crippen LogP contribution >= 0.6 is 0 Å². The molecule has 2 amide bonds. The van der Waals surface area contributed by atoms with Crippen LogP contribution < -0.4 is 10.6 Å². The van der Waals surface area contributed by atoms with Gasteiger partial charge in [0, 0.05) is 13.0 Å². The normalized spacial score (nSPS) is 23.4. The summed E-state index contributed by atoms with van der Waals surface area (Å²) in [6, 6.07) is 11.0.